The standard InChI is InChI=1S/C15H18N2O4/c1-20-10-15(19)17-12-4-2-11(3-5-12)16-8-13-6-7-14(9-18)21-13/h2-7,16,18H,8-10H2,1H3,(H,17,19). The van der Waals surface area contributed by atoms with E-state index in [1.807, 2.05) is 18.2 Å². The monoisotopic (exact) mass is 290 g/mol. The molecular weight excluding hydrogens is 272 g/mol. The lowest BCUT2D eigenvalue weighted by Crippen LogP contribution is -2.16. The SMILES string of the molecule is COCC(=O)Nc1ccc(NCc2ccc(CO)o2)cc1. The van der Waals surface area contributed by atoms with Gasteiger partial charge in [-0.2, -0.15) is 0 Å². The van der Waals surface area contributed by atoms with Crippen LogP contribution < -0.4 is 10.6 Å². The van der Waals surface area contributed by atoms with E-state index in [1.54, 1.807) is 18.2 Å². The lowest BCUT2D eigenvalue weighted by Gasteiger charge is -2.07. The number of nitrogens with one attached hydrogen (secondary N) is 2. The van der Waals surface area contributed by atoms with Crippen LogP contribution in [0.5, 0.6) is 0 Å². The summed E-state index contributed by atoms with van der Waals surface area (Å²) in [5.41, 5.74) is 1.62. The molecule has 0 bridgehead atoms. The third-order valence-corrected chi connectivity index (χ3v) is 2.78. The predicted molar refractivity (Wildman–Crippen MR) is 78.9 cm³/mol. The van der Waals surface area contributed by atoms with Crippen molar-refractivity contribution in [3.8, 4) is 0 Å². The van der Waals surface area contributed by atoms with E-state index >= 15 is 0 Å². The second-order valence-electron chi connectivity index (χ2n) is 4.44. The van der Waals surface area contributed by atoms with Gasteiger partial charge >= 0.3 is 0 Å². The third-order valence-electron chi connectivity index (χ3n) is 2.78. The van der Waals surface area contributed by atoms with Gasteiger partial charge in [0.05, 0.1) is 6.54 Å². The first kappa shape index (κ1) is 15.1. The summed E-state index contributed by atoms with van der Waals surface area (Å²) >= 11 is 0. The normalized spacial score (nSPS) is 10.4. The maximum atomic E-state index is 11.4. The molecule has 6 heteroatoms. The molecule has 1 aromatic carbocycles. The molecule has 0 atom stereocenters. The lowest BCUT2D eigenvalue weighted by molar-refractivity contribution is -0.119. The summed E-state index contributed by atoms with van der Waals surface area (Å²) in [6.45, 7) is 0.455. The number of amides is 1. The molecule has 3 N–H and O–H groups in total. The van der Waals surface area contributed by atoms with E-state index in [1.165, 1.54) is 7.11 Å². The summed E-state index contributed by atoms with van der Waals surface area (Å²) in [6.07, 6.45) is 0. The molecule has 0 aliphatic rings. The molecule has 0 fully saturated rings. The molecular formula is C15H18N2O4. The number of anilines is 2. The van der Waals surface area contributed by atoms with Crippen molar-refractivity contribution in [3.05, 3.63) is 47.9 Å². The fourth-order valence-electron chi connectivity index (χ4n) is 1.79. The van der Waals surface area contributed by atoms with Crippen LogP contribution in [0.2, 0.25) is 0 Å². The van der Waals surface area contributed by atoms with Crippen molar-refractivity contribution in [3.63, 3.8) is 0 Å². The highest BCUT2D eigenvalue weighted by Gasteiger charge is 2.03. The van der Waals surface area contributed by atoms with E-state index in [4.69, 9.17) is 14.3 Å². The van der Waals surface area contributed by atoms with Gasteiger partial charge in [-0.05, 0) is 36.4 Å². The van der Waals surface area contributed by atoms with E-state index in [0.29, 0.717) is 18.0 Å². The van der Waals surface area contributed by atoms with Gasteiger partial charge < -0.3 is 24.9 Å². The molecule has 2 rings (SSSR count). The Morgan fingerprint density at radius 1 is 1.14 bits per heavy atom. The second kappa shape index (κ2) is 7.47. The van der Waals surface area contributed by atoms with Crippen LogP contribution in [0.25, 0.3) is 0 Å². The Bertz CT molecular complexity index is 578. The Labute approximate surface area is 122 Å². The molecule has 1 aromatic heterocycles. The third kappa shape index (κ3) is 4.62. The summed E-state index contributed by atoms with van der Waals surface area (Å²) < 4.78 is 10.1. The van der Waals surface area contributed by atoms with Gasteiger partial charge in [-0.15, -0.1) is 0 Å². The van der Waals surface area contributed by atoms with Crippen LogP contribution in [-0.4, -0.2) is 24.7 Å². The topological polar surface area (TPSA) is 83.7 Å². The Morgan fingerprint density at radius 3 is 2.43 bits per heavy atom. The van der Waals surface area contributed by atoms with Gasteiger partial charge in [0.25, 0.3) is 0 Å². The first-order valence-electron chi connectivity index (χ1n) is 6.52. The Morgan fingerprint density at radius 2 is 1.81 bits per heavy atom. The molecule has 0 saturated heterocycles. The van der Waals surface area contributed by atoms with Crippen molar-refractivity contribution in [1.82, 2.24) is 0 Å². The molecule has 0 radical (unpaired) electrons. The van der Waals surface area contributed by atoms with Crippen LogP contribution in [0.1, 0.15) is 11.5 Å². The highest BCUT2D eigenvalue weighted by molar-refractivity contribution is 5.91. The number of aliphatic hydroxyl groups is 1. The number of furan rings is 1. The Balaban J connectivity index is 1.85. The smallest absolute Gasteiger partial charge is 0.250 e. The van der Waals surface area contributed by atoms with Crippen LogP contribution in [0.15, 0.2) is 40.8 Å². The van der Waals surface area contributed by atoms with Crippen LogP contribution in [-0.2, 0) is 22.7 Å². The number of benzene rings is 1. The summed E-state index contributed by atoms with van der Waals surface area (Å²) in [5, 5.41) is 14.8. The second-order valence-corrected chi connectivity index (χ2v) is 4.44. The highest BCUT2D eigenvalue weighted by atomic mass is 16.5. The number of methoxy groups -OCH3 is 1. The van der Waals surface area contributed by atoms with Gasteiger partial charge in [-0.3, -0.25) is 4.79 Å². The zero-order chi connectivity index (χ0) is 15.1. The van der Waals surface area contributed by atoms with Crippen LogP contribution >= 0.6 is 0 Å². The zero-order valence-corrected chi connectivity index (χ0v) is 11.8. The minimum Gasteiger partial charge on any atom is -0.462 e. The number of carbonyl (C=O) groups excluding carboxylic acids is 1. The Hall–Kier alpha value is -2.31. The van der Waals surface area contributed by atoms with Gasteiger partial charge in [0.15, 0.2) is 0 Å². The van der Waals surface area contributed by atoms with E-state index in [0.717, 1.165) is 11.4 Å². The van der Waals surface area contributed by atoms with Gasteiger partial charge in [-0.1, -0.05) is 0 Å². The molecule has 2 aromatic rings. The molecule has 112 valence electrons. The summed E-state index contributed by atoms with van der Waals surface area (Å²) in [4.78, 5) is 11.4. The molecule has 0 saturated carbocycles. The molecule has 0 spiro atoms. The van der Waals surface area contributed by atoms with E-state index in [9.17, 15) is 4.79 Å². The van der Waals surface area contributed by atoms with Crippen molar-refractivity contribution in [2.24, 2.45) is 0 Å². The highest BCUT2D eigenvalue weighted by Crippen LogP contribution is 2.15. The molecule has 0 unspecified atom stereocenters. The van der Waals surface area contributed by atoms with Crippen molar-refractivity contribution in [2.45, 2.75) is 13.2 Å². The van der Waals surface area contributed by atoms with E-state index < -0.39 is 0 Å². The van der Waals surface area contributed by atoms with Crippen molar-refractivity contribution in [1.29, 1.82) is 0 Å². The fraction of sp³-hybridized carbons (Fsp3) is 0.267. The van der Waals surface area contributed by atoms with Gasteiger partial charge in [0, 0.05) is 18.5 Å². The number of hydrogen-bond acceptors (Lipinski definition) is 5. The molecule has 21 heavy (non-hydrogen) atoms. The minimum absolute atomic E-state index is 0.0334. The van der Waals surface area contributed by atoms with Gasteiger partial charge in [0.1, 0.15) is 24.7 Å². The lowest BCUT2D eigenvalue weighted by atomic mass is 10.2. The van der Waals surface area contributed by atoms with Gasteiger partial charge in [0.2, 0.25) is 5.91 Å². The van der Waals surface area contributed by atoms with Crippen LogP contribution in [0.4, 0.5) is 11.4 Å². The molecule has 0 aliphatic carbocycles. The average Bonchev–Trinajstić information content (AvgIpc) is 2.95. The largest absolute Gasteiger partial charge is 0.462 e. The average molecular weight is 290 g/mol. The molecule has 1 heterocycles. The van der Waals surface area contributed by atoms with Crippen LogP contribution in [0.3, 0.4) is 0 Å². The number of rotatable bonds is 7. The molecule has 6 nitrogen and oxygen atoms in total. The van der Waals surface area contributed by atoms with Gasteiger partial charge in [-0.25, -0.2) is 0 Å². The zero-order valence-electron chi connectivity index (χ0n) is 11.8. The first-order chi connectivity index (χ1) is 10.2. The van der Waals surface area contributed by atoms with E-state index in [-0.39, 0.29) is 19.1 Å². The number of hydrogen-bond donors (Lipinski definition) is 3. The number of ether oxygens (including phenoxy) is 1. The predicted octanol–water partition coefficient (Wildman–Crippen LogP) is 1.97. The number of aliphatic hydroxyl groups excluding tert-OH is 1. The minimum atomic E-state index is -0.190. The summed E-state index contributed by atoms with van der Waals surface area (Å²) in [5.74, 6) is 1.10. The quantitative estimate of drug-likeness (QED) is 0.726. The number of carbonyl (C=O) groups is 1. The summed E-state index contributed by atoms with van der Waals surface area (Å²) in [7, 11) is 1.48. The summed E-state index contributed by atoms with van der Waals surface area (Å²) in [6, 6.07) is 10.9. The maximum absolute atomic E-state index is 11.4. The first-order valence-corrected chi connectivity index (χ1v) is 6.52. The maximum Gasteiger partial charge on any atom is 0.250 e. The molecule has 0 aliphatic heterocycles. The van der Waals surface area contributed by atoms with Crippen molar-refractivity contribution in [2.75, 3.05) is 24.4 Å². The van der Waals surface area contributed by atoms with Crippen molar-refractivity contribution < 1.29 is 19.1 Å². The van der Waals surface area contributed by atoms with E-state index in [2.05, 4.69) is 10.6 Å². The molecule has 1 amide bonds. The fourth-order valence-corrected chi connectivity index (χ4v) is 1.79. The Kier molecular flexibility index (Phi) is 5.36. The van der Waals surface area contributed by atoms with Crippen molar-refractivity contribution >= 4 is 17.3 Å². The van der Waals surface area contributed by atoms with Crippen LogP contribution in [0, 0.1) is 0 Å².